The van der Waals surface area contributed by atoms with E-state index in [1.54, 1.807) is 0 Å². The van der Waals surface area contributed by atoms with Gasteiger partial charge in [-0.25, -0.2) is 0 Å². The van der Waals surface area contributed by atoms with Crippen molar-refractivity contribution in [3.8, 4) is 5.88 Å². The smallest absolute Gasteiger partial charge is 0.200 e. The fourth-order valence-corrected chi connectivity index (χ4v) is 3.23. The van der Waals surface area contributed by atoms with Crippen LogP contribution in [0.4, 0.5) is 0 Å². The molecule has 0 spiro atoms. The Labute approximate surface area is 155 Å². The van der Waals surface area contributed by atoms with Crippen LogP contribution in [-0.2, 0) is 6.54 Å². The van der Waals surface area contributed by atoms with Crippen LogP contribution in [0.15, 0.2) is 77.9 Å². The number of carbonyl (C=O) groups excluding carboxylic acids is 1. The molecule has 0 fully saturated rings. The molecule has 5 nitrogen and oxygen atoms in total. The average Bonchev–Trinajstić information content (AvgIpc) is 3.07. The van der Waals surface area contributed by atoms with Crippen LogP contribution in [-0.4, -0.2) is 22.4 Å². The molecule has 0 aliphatic carbocycles. The second-order valence-electron chi connectivity index (χ2n) is 6.28. The van der Waals surface area contributed by atoms with Crippen LogP contribution in [0.2, 0.25) is 0 Å². The van der Waals surface area contributed by atoms with Crippen LogP contribution in [0.1, 0.15) is 21.5 Å². The molecule has 134 valence electrons. The predicted molar refractivity (Wildman–Crippen MR) is 105 cm³/mol. The van der Waals surface area contributed by atoms with Gasteiger partial charge < -0.3 is 14.3 Å². The quantitative estimate of drug-likeness (QED) is 0.554. The fraction of sp³-hybridized carbons (Fsp3) is 0.0909. The van der Waals surface area contributed by atoms with Crippen molar-refractivity contribution in [1.82, 2.24) is 9.55 Å². The van der Waals surface area contributed by atoms with Crippen molar-refractivity contribution in [3.63, 3.8) is 0 Å². The van der Waals surface area contributed by atoms with Gasteiger partial charge in [0.1, 0.15) is 0 Å². The zero-order valence-electron chi connectivity index (χ0n) is 14.8. The van der Waals surface area contributed by atoms with E-state index >= 15 is 0 Å². The van der Waals surface area contributed by atoms with Crippen LogP contribution in [0, 0.1) is 0 Å². The van der Waals surface area contributed by atoms with E-state index in [9.17, 15) is 9.59 Å². The summed E-state index contributed by atoms with van der Waals surface area (Å²) >= 11 is 0. The molecule has 5 heteroatoms. The lowest BCUT2D eigenvalue weighted by atomic mass is 10.0. The van der Waals surface area contributed by atoms with Gasteiger partial charge in [-0.3, -0.25) is 9.59 Å². The van der Waals surface area contributed by atoms with Gasteiger partial charge in [-0.05, 0) is 11.6 Å². The first-order valence-corrected chi connectivity index (χ1v) is 8.60. The van der Waals surface area contributed by atoms with Crippen molar-refractivity contribution < 1.29 is 9.53 Å². The number of nitrogens with one attached hydrogen (secondary N) is 1. The number of aromatic amines is 1. The number of carbonyl (C=O) groups is 1. The molecule has 2 heterocycles. The molecule has 0 atom stereocenters. The first-order chi connectivity index (χ1) is 13.2. The molecule has 4 rings (SSSR count). The lowest BCUT2D eigenvalue weighted by Crippen LogP contribution is -2.15. The Morgan fingerprint density at radius 3 is 2.52 bits per heavy atom. The Bertz CT molecular complexity index is 1170. The van der Waals surface area contributed by atoms with Gasteiger partial charge in [0.15, 0.2) is 11.3 Å². The maximum atomic E-state index is 13.1. The molecule has 0 aliphatic rings. The van der Waals surface area contributed by atoms with Crippen LogP contribution >= 0.6 is 0 Å². The van der Waals surface area contributed by atoms with E-state index in [4.69, 9.17) is 4.74 Å². The number of H-pyrrole nitrogens is 1. The van der Waals surface area contributed by atoms with Crippen LogP contribution < -0.4 is 10.2 Å². The first-order valence-electron chi connectivity index (χ1n) is 8.60. The van der Waals surface area contributed by atoms with Gasteiger partial charge in [-0.1, -0.05) is 48.5 Å². The topological polar surface area (TPSA) is 64.1 Å². The highest BCUT2D eigenvalue weighted by atomic mass is 16.5. The van der Waals surface area contributed by atoms with Gasteiger partial charge in [0.25, 0.3) is 0 Å². The van der Waals surface area contributed by atoms with Gasteiger partial charge in [0.05, 0.1) is 12.7 Å². The summed E-state index contributed by atoms with van der Waals surface area (Å²) in [6.07, 6.45) is 3.23. The molecule has 0 saturated heterocycles. The fourth-order valence-electron chi connectivity index (χ4n) is 3.23. The second-order valence-corrected chi connectivity index (χ2v) is 6.28. The van der Waals surface area contributed by atoms with E-state index in [0.717, 1.165) is 16.5 Å². The Hall–Kier alpha value is -3.60. The second kappa shape index (κ2) is 6.96. The number of aromatic nitrogens is 2. The predicted octanol–water partition coefficient (Wildman–Crippen LogP) is 3.62. The molecular formula is C22H18N2O3. The number of ketones is 1. The molecule has 27 heavy (non-hydrogen) atoms. The van der Waals surface area contributed by atoms with Crippen LogP contribution in [0.5, 0.6) is 5.88 Å². The molecule has 0 bridgehead atoms. The highest BCUT2D eigenvalue weighted by Crippen LogP contribution is 2.24. The SMILES string of the molecule is COc1cc(=O)c(C(=O)c2cn(Cc3ccccc3)c3ccccc23)c[nH]1. The first kappa shape index (κ1) is 16.8. The molecule has 0 aliphatic heterocycles. The number of ether oxygens (including phenoxy) is 1. The zero-order valence-corrected chi connectivity index (χ0v) is 14.8. The number of benzene rings is 2. The Balaban J connectivity index is 1.80. The summed E-state index contributed by atoms with van der Waals surface area (Å²) in [5.74, 6) is 0.0185. The lowest BCUT2D eigenvalue weighted by molar-refractivity contribution is 0.103. The van der Waals surface area contributed by atoms with Gasteiger partial charge in [-0.2, -0.15) is 0 Å². The summed E-state index contributed by atoms with van der Waals surface area (Å²) in [5.41, 5.74) is 2.33. The summed E-state index contributed by atoms with van der Waals surface area (Å²) < 4.78 is 7.04. The number of para-hydroxylation sites is 1. The largest absolute Gasteiger partial charge is 0.482 e. The molecule has 2 aromatic carbocycles. The third-order valence-corrected chi connectivity index (χ3v) is 4.58. The monoisotopic (exact) mass is 358 g/mol. The third-order valence-electron chi connectivity index (χ3n) is 4.58. The number of rotatable bonds is 5. The molecule has 1 N–H and O–H groups in total. The molecule has 2 aromatic heterocycles. The molecule has 0 radical (unpaired) electrons. The van der Waals surface area contributed by atoms with Gasteiger partial charge in [0.2, 0.25) is 5.78 Å². The summed E-state index contributed by atoms with van der Waals surface area (Å²) in [6.45, 7) is 0.646. The standard InChI is InChI=1S/C22H18N2O3/c1-27-21-11-20(25)17(12-23-21)22(26)18-14-24(13-15-7-3-2-4-8-15)19-10-6-5-9-16(18)19/h2-12,14H,13H2,1H3,(H,23,25). The summed E-state index contributed by atoms with van der Waals surface area (Å²) in [5, 5.41) is 0.827. The minimum Gasteiger partial charge on any atom is -0.482 e. The van der Waals surface area contributed by atoms with Crippen molar-refractivity contribution in [3.05, 3.63) is 100.0 Å². The zero-order chi connectivity index (χ0) is 18.8. The average molecular weight is 358 g/mol. The molecule has 0 unspecified atom stereocenters. The van der Waals surface area contributed by atoms with Crippen LogP contribution in [0.3, 0.4) is 0 Å². The number of methoxy groups -OCH3 is 1. The number of hydrogen-bond acceptors (Lipinski definition) is 3. The highest BCUT2D eigenvalue weighted by molar-refractivity contribution is 6.16. The van der Waals surface area contributed by atoms with Gasteiger partial charge in [0, 0.05) is 41.5 Å². The van der Waals surface area contributed by atoms with E-state index in [2.05, 4.69) is 4.98 Å². The maximum absolute atomic E-state index is 13.1. The summed E-state index contributed by atoms with van der Waals surface area (Å²) in [4.78, 5) is 28.2. The maximum Gasteiger partial charge on any atom is 0.200 e. The normalized spacial score (nSPS) is 10.9. The highest BCUT2D eigenvalue weighted by Gasteiger charge is 2.19. The Morgan fingerprint density at radius 2 is 1.78 bits per heavy atom. The van der Waals surface area contributed by atoms with E-state index < -0.39 is 0 Å². The third kappa shape index (κ3) is 3.15. The van der Waals surface area contributed by atoms with Crippen molar-refractivity contribution >= 4 is 16.7 Å². The summed E-state index contributed by atoms with van der Waals surface area (Å²) in [6, 6.07) is 19.1. The van der Waals surface area contributed by atoms with Gasteiger partial charge in [-0.15, -0.1) is 0 Å². The van der Waals surface area contributed by atoms with E-state index in [1.165, 1.54) is 19.4 Å². The van der Waals surface area contributed by atoms with Crippen molar-refractivity contribution in [2.75, 3.05) is 7.11 Å². The van der Waals surface area contributed by atoms with Crippen molar-refractivity contribution in [1.29, 1.82) is 0 Å². The van der Waals surface area contributed by atoms with E-state index in [1.807, 2.05) is 65.4 Å². The lowest BCUT2D eigenvalue weighted by Gasteiger charge is -2.05. The minimum atomic E-state index is -0.365. The minimum absolute atomic E-state index is 0.0958. The number of nitrogens with zero attached hydrogens (tertiary/aromatic N) is 1. The number of fused-ring (bicyclic) bond motifs is 1. The van der Waals surface area contributed by atoms with Crippen LogP contribution in [0.25, 0.3) is 10.9 Å². The Kier molecular flexibility index (Phi) is 4.34. The molecule has 0 amide bonds. The van der Waals surface area contributed by atoms with Crippen molar-refractivity contribution in [2.24, 2.45) is 0 Å². The molecule has 4 aromatic rings. The van der Waals surface area contributed by atoms with Gasteiger partial charge >= 0.3 is 0 Å². The summed E-state index contributed by atoms with van der Waals surface area (Å²) in [7, 11) is 1.46. The van der Waals surface area contributed by atoms with E-state index in [0.29, 0.717) is 18.0 Å². The van der Waals surface area contributed by atoms with Crippen molar-refractivity contribution in [2.45, 2.75) is 6.54 Å². The van der Waals surface area contributed by atoms with E-state index in [-0.39, 0.29) is 16.8 Å². The molecule has 0 saturated carbocycles. The number of hydrogen-bond donors (Lipinski definition) is 1. The molecular weight excluding hydrogens is 340 g/mol. The number of pyridine rings is 1. The Morgan fingerprint density at radius 1 is 1.04 bits per heavy atom.